The number of hydrogen-bond donors (Lipinski definition) is 1. The first kappa shape index (κ1) is 13.4. The summed E-state index contributed by atoms with van der Waals surface area (Å²) in [6, 6.07) is 8.62. The number of aromatic nitrogens is 1. The number of fused-ring (bicyclic) bond motifs is 1. The van der Waals surface area contributed by atoms with E-state index in [9.17, 15) is 0 Å². The van der Waals surface area contributed by atoms with Crippen molar-refractivity contribution >= 4 is 31.9 Å². The van der Waals surface area contributed by atoms with Gasteiger partial charge in [-0.05, 0) is 81.8 Å². The number of rotatable bonds is 1. The van der Waals surface area contributed by atoms with Crippen molar-refractivity contribution in [3.8, 4) is 5.69 Å². The molecule has 0 spiro atoms. The Morgan fingerprint density at radius 2 is 1.95 bits per heavy atom. The quantitative estimate of drug-likeness (QED) is 0.763. The van der Waals surface area contributed by atoms with E-state index in [-0.39, 0.29) is 6.04 Å². The number of aryl methyl sites for hydroxylation is 1. The maximum atomic E-state index is 6.25. The lowest BCUT2D eigenvalue weighted by Gasteiger charge is -2.22. The second-order valence-corrected chi connectivity index (χ2v) is 6.80. The number of halogens is 2. The van der Waals surface area contributed by atoms with Crippen molar-refractivity contribution in [2.45, 2.75) is 32.2 Å². The molecule has 0 saturated heterocycles. The lowest BCUT2D eigenvalue weighted by Crippen LogP contribution is -2.18. The third-order valence-electron chi connectivity index (χ3n) is 3.81. The molecular formula is C15H16Br2N2. The zero-order chi connectivity index (χ0) is 13.6. The Morgan fingerprint density at radius 3 is 2.63 bits per heavy atom. The van der Waals surface area contributed by atoms with Crippen molar-refractivity contribution in [1.29, 1.82) is 0 Å². The third kappa shape index (κ3) is 2.20. The smallest absolute Gasteiger partial charge is 0.0740 e. The second kappa shape index (κ2) is 5.08. The molecule has 0 radical (unpaired) electrons. The summed E-state index contributed by atoms with van der Waals surface area (Å²) in [5.41, 5.74) is 11.3. The Labute approximate surface area is 130 Å². The van der Waals surface area contributed by atoms with Crippen LogP contribution in [0.25, 0.3) is 5.69 Å². The molecule has 1 aromatic carbocycles. The number of para-hydroxylation sites is 1. The van der Waals surface area contributed by atoms with Gasteiger partial charge in [0.2, 0.25) is 0 Å². The van der Waals surface area contributed by atoms with Crippen molar-refractivity contribution in [2.75, 3.05) is 0 Å². The topological polar surface area (TPSA) is 30.9 Å². The average Bonchev–Trinajstić information content (AvgIpc) is 2.68. The van der Waals surface area contributed by atoms with Crippen LogP contribution in [0, 0.1) is 6.92 Å². The first-order valence-electron chi connectivity index (χ1n) is 6.50. The molecule has 1 heterocycles. The highest BCUT2D eigenvalue weighted by atomic mass is 79.9. The van der Waals surface area contributed by atoms with Gasteiger partial charge in [-0.2, -0.15) is 0 Å². The summed E-state index contributed by atoms with van der Waals surface area (Å²) in [7, 11) is 0. The summed E-state index contributed by atoms with van der Waals surface area (Å²) in [5, 5.41) is 0. The van der Waals surface area contributed by atoms with E-state index in [1.807, 2.05) is 6.07 Å². The molecule has 1 aliphatic rings. The van der Waals surface area contributed by atoms with Gasteiger partial charge >= 0.3 is 0 Å². The number of hydrogen-bond acceptors (Lipinski definition) is 1. The molecule has 0 saturated carbocycles. The van der Waals surface area contributed by atoms with Gasteiger partial charge in [0.05, 0.1) is 5.69 Å². The van der Waals surface area contributed by atoms with E-state index in [2.05, 4.69) is 61.5 Å². The molecule has 1 unspecified atom stereocenters. The average molecular weight is 384 g/mol. The SMILES string of the molecule is Cc1cc2c(n1-c1c(Br)cccc1Br)CCCC2N. The maximum Gasteiger partial charge on any atom is 0.0740 e. The molecule has 0 bridgehead atoms. The monoisotopic (exact) mass is 382 g/mol. The Hall–Kier alpha value is -0.580. The molecule has 3 rings (SSSR count). The zero-order valence-electron chi connectivity index (χ0n) is 10.8. The molecule has 2 aromatic rings. The number of nitrogens with zero attached hydrogens (tertiary/aromatic N) is 1. The first-order chi connectivity index (χ1) is 9.09. The van der Waals surface area contributed by atoms with E-state index in [0.717, 1.165) is 21.8 Å². The lowest BCUT2D eigenvalue weighted by atomic mass is 9.93. The maximum absolute atomic E-state index is 6.25. The highest BCUT2D eigenvalue weighted by molar-refractivity contribution is 9.11. The minimum absolute atomic E-state index is 0.185. The highest BCUT2D eigenvalue weighted by Crippen LogP contribution is 2.37. The summed E-state index contributed by atoms with van der Waals surface area (Å²) in [5.74, 6) is 0. The summed E-state index contributed by atoms with van der Waals surface area (Å²) < 4.78 is 4.53. The van der Waals surface area contributed by atoms with Crippen LogP contribution < -0.4 is 5.73 Å². The standard InChI is InChI=1S/C15H16Br2N2/c1-9-8-10-13(18)6-3-7-14(10)19(9)15-11(16)4-2-5-12(15)17/h2,4-5,8,13H,3,6-7,18H2,1H3. The van der Waals surface area contributed by atoms with E-state index in [4.69, 9.17) is 5.73 Å². The fraction of sp³-hybridized carbons (Fsp3) is 0.333. The van der Waals surface area contributed by atoms with Crippen LogP contribution in [-0.4, -0.2) is 4.57 Å². The Bertz CT molecular complexity index is 611. The molecule has 4 heteroatoms. The molecule has 19 heavy (non-hydrogen) atoms. The number of benzene rings is 1. The van der Waals surface area contributed by atoms with E-state index < -0.39 is 0 Å². The normalized spacial score (nSPS) is 18.4. The van der Waals surface area contributed by atoms with Crippen molar-refractivity contribution < 1.29 is 0 Å². The first-order valence-corrected chi connectivity index (χ1v) is 8.09. The van der Waals surface area contributed by atoms with E-state index in [1.165, 1.54) is 29.1 Å². The second-order valence-electron chi connectivity index (χ2n) is 5.09. The van der Waals surface area contributed by atoms with Crippen LogP contribution >= 0.6 is 31.9 Å². The van der Waals surface area contributed by atoms with Crippen LogP contribution in [-0.2, 0) is 6.42 Å². The molecule has 1 atom stereocenters. The van der Waals surface area contributed by atoms with Gasteiger partial charge in [0.15, 0.2) is 0 Å². The van der Waals surface area contributed by atoms with Crippen LogP contribution in [0.2, 0.25) is 0 Å². The summed E-state index contributed by atoms with van der Waals surface area (Å²) >= 11 is 7.33. The molecule has 2 N–H and O–H groups in total. The minimum Gasteiger partial charge on any atom is -0.324 e. The fourth-order valence-corrected chi connectivity index (χ4v) is 4.30. The van der Waals surface area contributed by atoms with Crippen LogP contribution in [0.3, 0.4) is 0 Å². The van der Waals surface area contributed by atoms with Gasteiger partial charge in [-0.25, -0.2) is 0 Å². The molecule has 2 nitrogen and oxygen atoms in total. The fourth-order valence-electron chi connectivity index (χ4n) is 2.95. The predicted octanol–water partition coefficient (Wildman–Crippen LogP) is 4.65. The van der Waals surface area contributed by atoms with Gasteiger partial charge < -0.3 is 10.3 Å². The molecule has 0 amide bonds. The summed E-state index contributed by atoms with van der Waals surface area (Å²) in [4.78, 5) is 0. The van der Waals surface area contributed by atoms with E-state index >= 15 is 0 Å². The van der Waals surface area contributed by atoms with Gasteiger partial charge in [-0.15, -0.1) is 0 Å². The van der Waals surface area contributed by atoms with Crippen molar-refractivity contribution in [3.05, 3.63) is 50.2 Å². The van der Waals surface area contributed by atoms with Crippen LogP contribution in [0.1, 0.15) is 35.8 Å². The Morgan fingerprint density at radius 1 is 1.26 bits per heavy atom. The Balaban J connectivity index is 2.26. The molecule has 1 aliphatic carbocycles. The van der Waals surface area contributed by atoms with E-state index in [0.29, 0.717) is 0 Å². The molecular weight excluding hydrogens is 368 g/mol. The van der Waals surface area contributed by atoms with Crippen LogP contribution in [0.4, 0.5) is 0 Å². The van der Waals surface area contributed by atoms with Crippen molar-refractivity contribution in [3.63, 3.8) is 0 Å². The van der Waals surface area contributed by atoms with Crippen LogP contribution in [0.5, 0.6) is 0 Å². The largest absolute Gasteiger partial charge is 0.324 e. The predicted molar refractivity (Wildman–Crippen MR) is 85.8 cm³/mol. The van der Waals surface area contributed by atoms with Crippen LogP contribution in [0.15, 0.2) is 33.2 Å². The van der Waals surface area contributed by atoms with E-state index in [1.54, 1.807) is 0 Å². The molecule has 0 fully saturated rings. The number of nitrogens with two attached hydrogens (primary N) is 1. The van der Waals surface area contributed by atoms with Gasteiger partial charge in [-0.3, -0.25) is 0 Å². The third-order valence-corrected chi connectivity index (χ3v) is 5.09. The van der Waals surface area contributed by atoms with Gasteiger partial charge in [0.25, 0.3) is 0 Å². The molecule has 1 aromatic heterocycles. The van der Waals surface area contributed by atoms with Gasteiger partial charge in [0, 0.05) is 26.4 Å². The highest BCUT2D eigenvalue weighted by Gasteiger charge is 2.24. The molecule has 100 valence electrons. The minimum atomic E-state index is 0.185. The zero-order valence-corrected chi connectivity index (χ0v) is 14.0. The summed E-state index contributed by atoms with van der Waals surface area (Å²) in [6.07, 6.45) is 3.36. The van der Waals surface area contributed by atoms with Gasteiger partial charge in [-0.1, -0.05) is 6.07 Å². The lowest BCUT2D eigenvalue weighted by molar-refractivity contribution is 0.559. The Kier molecular flexibility index (Phi) is 3.58. The van der Waals surface area contributed by atoms with Gasteiger partial charge in [0.1, 0.15) is 0 Å². The molecule has 0 aliphatic heterocycles. The van der Waals surface area contributed by atoms with Crippen molar-refractivity contribution in [2.24, 2.45) is 5.73 Å². The van der Waals surface area contributed by atoms with Crippen molar-refractivity contribution in [1.82, 2.24) is 4.57 Å². The summed E-state index contributed by atoms with van der Waals surface area (Å²) in [6.45, 7) is 2.15.